The molecule has 4 aromatic rings. The fraction of sp³-hybridized carbons (Fsp3) is 0.0833. The lowest BCUT2D eigenvalue weighted by molar-refractivity contribution is 0.102. The molecule has 7 nitrogen and oxygen atoms in total. The van der Waals surface area contributed by atoms with Gasteiger partial charge in [-0.15, -0.1) is 0 Å². The maximum atomic E-state index is 12.6. The molecule has 0 fully saturated rings. The van der Waals surface area contributed by atoms with Crippen LogP contribution in [-0.2, 0) is 6.54 Å². The summed E-state index contributed by atoms with van der Waals surface area (Å²) in [5.41, 5.74) is 10.2. The Kier molecular flexibility index (Phi) is 5.96. The van der Waals surface area contributed by atoms with Crippen molar-refractivity contribution in [1.29, 1.82) is 0 Å². The number of nitrogens with zero attached hydrogens (tertiary/aromatic N) is 3. The molecule has 0 radical (unpaired) electrons. The Labute approximate surface area is 180 Å². The Balaban J connectivity index is 1.54. The van der Waals surface area contributed by atoms with Crippen LogP contribution in [0.25, 0.3) is 11.3 Å². The van der Waals surface area contributed by atoms with Crippen LogP contribution in [0.1, 0.15) is 21.5 Å². The van der Waals surface area contributed by atoms with Gasteiger partial charge in [0.25, 0.3) is 5.91 Å². The molecule has 2 aromatic heterocycles. The molecule has 0 aliphatic rings. The summed E-state index contributed by atoms with van der Waals surface area (Å²) in [6, 6.07) is 18.4. The molecule has 1 amide bonds. The van der Waals surface area contributed by atoms with E-state index in [0.29, 0.717) is 29.2 Å². The molecule has 3 N–H and O–H groups in total. The first-order valence-corrected chi connectivity index (χ1v) is 9.75. The van der Waals surface area contributed by atoms with Crippen LogP contribution in [0.4, 0.5) is 5.69 Å². The maximum absolute atomic E-state index is 12.6. The first-order chi connectivity index (χ1) is 15.1. The largest absolute Gasteiger partial charge is 0.424 e. The van der Waals surface area contributed by atoms with Gasteiger partial charge in [0.2, 0.25) is 0 Å². The van der Waals surface area contributed by atoms with Gasteiger partial charge in [0, 0.05) is 48.0 Å². The smallest absolute Gasteiger partial charge is 0.322 e. The third-order valence-electron chi connectivity index (χ3n) is 4.66. The van der Waals surface area contributed by atoms with Crippen LogP contribution < -0.4 is 15.8 Å². The number of pyridine rings is 1. The highest BCUT2D eigenvalue weighted by atomic mass is 16.5. The molecule has 0 unspecified atom stereocenters. The molecular formula is C24H21N5O2. The molecule has 0 saturated carbocycles. The fourth-order valence-electron chi connectivity index (χ4n) is 2.99. The molecule has 0 bridgehead atoms. The number of benzene rings is 2. The van der Waals surface area contributed by atoms with Crippen molar-refractivity contribution in [3.63, 3.8) is 0 Å². The number of anilines is 1. The van der Waals surface area contributed by atoms with Gasteiger partial charge in [0.1, 0.15) is 5.75 Å². The molecule has 31 heavy (non-hydrogen) atoms. The molecule has 2 aromatic carbocycles. The van der Waals surface area contributed by atoms with E-state index in [9.17, 15) is 4.79 Å². The molecule has 154 valence electrons. The normalized spacial score (nSPS) is 10.5. The van der Waals surface area contributed by atoms with Crippen molar-refractivity contribution >= 4 is 11.6 Å². The van der Waals surface area contributed by atoms with Gasteiger partial charge in [-0.25, -0.2) is 4.98 Å². The fourth-order valence-corrected chi connectivity index (χ4v) is 2.99. The van der Waals surface area contributed by atoms with Gasteiger partial charge < -0.3 is 15.8 Å². The zero-order valence-corrected chi connectivity index (χ0v) is 16.9. The number of amides is 1. The summed E-state index contributed by atoms with van der Waals surface area (Å²) in [5, 5.41) is 2.89. The molecule has 7 heteroatoms. The van der Waals surface area contributed by atoms with Crippen LogP contribution in [0.5, 0.6) is 11.8 Å². The summed E-state index contributed by atoms with van der Waals surface area (Å²) in [7, 11) is 0. The molecule has 4 rings (SSSR count). The van der Waals surface area contributed by atoms with E-state index in [-0.39, 0.29) is 11.9 Å². The summed E-state index contributed by atoms with van der Waals surface area (Å²) in [4.78, 5) is 25.4. The van der Waals surface area contributed by atoms with E-state index in [0.717, 1.165) is 16.7 Å². The van der Waals surface area contributed by atoms with Crippen LogP contribution in [0.3, 0.4) is 0 Å². The molecule has 0 saturated heterocycles. The summed E-state index contributed by atoms with van der Waals surface area (Å²) >= 11 is 0. The van der Waals surface area contributed by atoms with Gasteiger partial charge in [-0.2, -0.15) is 4.98 Å². The van der Waals surface area contributed by atoms with Gasteiger partial charge in [-0.1, -0.05) is 18.2 Å². The quantitative estimate of drug-likeness (QED) is 0.489. The molecular weight excluding hydrogens is 390 g/mol. The minimum Gasteiger partial charge on any atom is -0.424 e. The SMILES string of the molecule is Cc1ccc(NC(=O)c2cccc(CN)c2)cc1Oc1nccc(-c2cccnc2)n1. The first kappa shape index (κ1) is 20.2. The minimum atomic E-state index is -0.222. The number of aryl methyl sites for hydroxylation is 1. The first-order valence-electron chi connectivity index (χ1n) is 9.75. The molecule has 0 aliphatic heterocycles. The highest BCUT2D eigenvalue weighted by molar-refractivity contribution is 6.04. The average Bonchev–Trinajstić information content (AvgIpc) is 2.82. The third kappa shape index (κ3) is 4.91. The Morgan fingerprint density at radius 2 is 1.97 bits per heavy atom. The van der Waals surface area contributed by atoms with Gasteiger partial charge in [0.05, 0.1) is 5.69 Å². The van der Waals surface area contributed by atoms with Crippen molar-refractivity contribution in [2.24, 2.45) is 5.73 Å². The standard InChI is InChI=1S/C24H21N5O2/c1-16-7-8-20(28-23(30)18-5-2-4-17(12-18)14-25)13-22(16)31-24-27-11-9-21(29-24)19-6-3-10-26-15-19/h2-13,15H,14,25H2,1H3,(H,28,30). The number of aromatic nitrogens is 3. The molecule has 0 atom stereocenters. The highest BCUT2D eigenvalue weighted by Gasteiger charge is 2.11. The average molecular weight is 411 g/mol. The summed E-state index contributed by atoms with van der Waals surface area (Å²) in [6.07, 6.45) is 5.07. The van der Waals surface area contributed by atoms with Gasteiger partial charge in [0.15, 0.2) is 0 Å². The van der Waals surface area contributed by atoms with Crippen LogP contribution in [0.15, 0.2) is 79.3 Å². The van der Waals surface area contributed by atoms with Crippen LogP contribution >= 0.6 is 0 Å². The van der Waals surface area contributed by atoms with E-state index >= 15 is 0 Å². The number of carbonyl (C=O) groups is 1. The third-order valence-corrected chi connectivity index (χ3v) is 4.66. The van der Waals surface area contributed by atoms with Crippen molar-refractivity contribution in [2.75, 3.05) is 5.32 Å². The Morgan fingerprint density at radius 3 is 2.77 bits per heavy atom. The Morgan fingerprint density at radius 1 is 1.06 bits per heavy atom. The van der Waals surface area contributed by atoms with Crippen molar-refractivity contribution in [3.05, 3.63) is 95.9 Å². The van der Waals surface area contributed by atoms with Gasteiger partial charge in [-0.3, -0.25) is 9.78 Å². The predicted octanol–water partition coefficient (Wildman–Crippen LogP) is 4.35. The number of ether oxygens (including phenoxy) is 1. The summed E-state index contributed by atoms with van der Waals surface area (Å²) in [5.74, 6) is 0.330. The topological polar surface area (TPSA) is 103 Å². The van der Waals surface area contributed by atoms with Crippen LogP contribution in [0, 0.1) is 6.92 Å². The van der Waals surface area contributed by atoms with Crippen molar-refractivity contribution in [2.45, 2.75) is 13.5 Å². The number of rotatable bonds is 6. The monoisotopic (exact) mass is 411 g/mol. The Bertz CT molecular complexity index is 1210. The highest BCUT2D eigenvalue weighted by Crippen LogP contribution is 2.27. The second-order valence-corrected chi connectivity index (χ2v) is 6.91. The lowest BCUT2D eigenvalue weighted by Gasteiger charge is -2.11. The minimum absolute atomic E-state index is 0.212. The second-order valence-electron chi connectivity index (χ2n) is 6.91. The molecule has 0 aliphatic carbocycles. The lowest BCUT2D eigenvalue weighted by atomic mass is 10.1. The second kappa shape index (κ2) is 9.15. The predicted molar refractivity (Wildman–Crippen MR) is 119 cm³/mol. The van der Waals surface area contributed by atoms with Crippen LogP contribution in [0.2, 0.25) is 0 Å². The molecule has 2 heterocycles. The zero-order valence-electron chi connectivity index (χ0n) is 16.9. The number of nitrogens with one attached hydrogen (secondary N) is 1. The maximum Gasteiger partial charge on any atom is 0.322 e. The van der Waals surface area contributed by atoms with E-state index in [4.69, 9.17) is 10.5 Å². The molecule has 0 spiro atoms. The summed E-state index contributed by atoms with van der Waals surface area (Å²) < 4.78 is 5.93. The van der Waals surface area contributed by atoms with E-state index in [1.165, 1.54) is 0 Å². The number of hydrogen-bond acceptors (Lipinski definition) is 6. The number of carbonyl (C=O) groups excluding carboxylic acids is 1. The van der Waals surface area contributed by atoms with E-state index in [2.05, 4.69) is 20.3 Å². The van der Waals surface area contributed by atoms with E-state index < -0.39 is 0 Å². The lowest BCUT2D eigenvalue weighted by Crippen LogP contribution is -2.12. The summed E-state index contributed by atoms with van der Waals surface area (Å²) in [6.45, 7) is 2.29. The van der Waals surface area contributed by atoms with E-state index in [1.807, 2.05) is 43.3 Å². The van der Waals surface area contributed by atoms with Gasteiger partial charge in [-0.05, 0) is 54.4 Å². The zero-order chi connectivity index (χ0) is 21.6. The van der Waals surface area contributed by atoms with E-state index in [1.54, 1.807) is 42.9 Å². The Hall–Kier alpha value is -4.10. The number of hydrogen-bond donors (Lipinski definition) is 2. The van der Waals surface area contributed by atoms with Gasteiger partial charge >= 0.3 is 6.01 Å². The van der Waals surface area contributed by atoms with Crippen molar-refractivity contribution < 1.29 is 9.53 Å². The van der Waals surface area contributed by atoms with Crippen molar-refractivity contribution in [3.8, 4) is 23.0 Å². The van der Waals surface area contributed by atoms with Crippen molar-refractivity contribution in [1.82, 2.24) is 15.0 Å². The number of nitrogens with two attached hydrogens (primary N) is 1. The van der Waals surface area contributed by atoms with Crippen LogP contribution in [-0.4, -0.2) is 20.9 Å².